The third kappa shape index (κ3) is 4.09. The standard InChI is InChI=1S/C23H26N4O4S/c1-14(2)22-25-23(31-26-22)27-11-18-19(12-27)20(18)13-30-16-6-4-15(5-7-16)21-9-8-17(10-24-21)32(3,28)29/h4-10,14,18-20H,11-13H2,1-3H3/t18-,19+,20?. The van der Waals surface area contributed by atoms with E-state index in [0.717, 1.165) is 35.9 Å². The molecule has 2 fully saturated rings. The molecule has 5 rings (SSSR count). The van der Waals surface area contributed by atoms with E-state index >= 15 is 0 Å². The number of ether oxygens (including phenoxy) is 1. The summed E-state index contributed by atoms with van der Waals surface area (Å²) < 4.78 is 34.6. The minimum Gasteiger partial charge on any atom is -0.493 e. The van der Waals surface area contributed by atoms with E-state index in [0.29, 0.717) is 30.4 Å². The van der Waals surface area contributed by atoms with Gasteiger partial charge in [0.05, 0.1) is 17.2 Å². The summed E-state index contributed by atoms with van der Waals surface area (Å²) >= 11 is 0. The molecule has 3 aromatic rings. The van der Waals surface area contributed by atoms with Gasteiger partial charge in [-0.2, -0.15) is 4.98 Å². The van der Waals surface area contributed by atoms with Gasteiger partial charge in [-0.3, -0.25) is 4.98 Å². The topological polar surface area (TPSA) is 98.4 Å². The van der Waals surface area contributed by atoms with Crippen LogP contribution in [0.4, 0.5) is 6.01 Å². The lowest BCUT2D eigenvalue weighted by Gasteiger charge is -2.17. The van der Waals surface area contributed by atoms with Gasteiger partial charge in [0.25, 0.3) is 0 Å². The number of benzene rings is 1. The van der Waals surface area contributed by atoms with Gasteiger partial charge < -0.3 is 14.2 Å². The van der Waals surface area contributed by atoms with E-state index in [1.54, 1.807) is 12.1 Å². The van der Waals surface area contributed by atoms with Gasteiger partial charge in [-0.1, -0.05) is 19.0 Å². The Morgan fingerprint density at radius 1 is 1.12 bits per heavy atom. The third-order valence-corrected chi connectivity index (χ3v) is 7.44. The molecule has 1 saturated carbocycles. The molecule has 168 valence electrons. The fraction of sp³-hybridized carbons (Fsp3) is 0.435. The van der Waals surface area contributed by atoms with Crippen molar-refractivity contribution < 1.29 is 17.7 Å². The van der Waals surface area contributed by atoms with E-state index in [1.165, 1.54) is 12.5 Å². The monoisotopic (exact) mass is 454 g/mol. The maximum absolute atomic E-state index is 11.6. The molecule has 1 saturated heterocycles. The average molecular weight is 455 g/mol. The zero-order valence-corrected chi connectivity index (χ0v) is 19.1. The number of anilines is 1. The number of nitrogens with zero attached hydrogens (tertiary/aromatic N) is 4. The van der Waals surface area contributed by atoms with Gasteiger partial charge in [0, 0.05) is 42.9 Å². The molecule has 1 unspecified atom stereocenters. The van der Waals surface area contributed by atoms with E-state index < -0.39 is 9.84 Å². The molecule has 0 N–H and O–H groups in total. The summed E-state index contributed by atoms with van der Waals surface area (Å²) in [5.74, 6) is 3.62. The predicted octanol–water partition coefficient (Wildman–Crippen LogP) is 3.42. The molecule has 0 radical (unpaired) electrons. The molecule has 1 aliphatic heterocycles. The number of sulfone groups is 1. The molecule has 0 amide bonds. The second-order valence-electron chi connectivity index (χ2n) is 8.97. The first-order valence-electron chi connectivity index (χ1n) is 10.8. The molecule has 2 aromatic heterocycles. The van der Waals surface area contributed by atoms with Crippen molar-refractivity contribution in [1.82, 2.24) is 15.1 Å². The van der Waals surface area contributed by atoms with Crippen molar-refractivity contribution in [2.75, 3.05) is 30.9 Å². The van der Waals surface area contributed by atoms with Crippen molar-refractivity contribution in [1.29, 1.82) is 0 Å². The summed E-state index contributed by atoms with van der Waals surface area (Å²) in [6, 6.07) is 11.7. The van der Waals surface area contributed by atoms with Crippen LogP contribution in [0.1, 0.15) is 25.6 Å². The maximum atomic E-state index is 11.6. The van der Waals surface area contributed by atoms with Gasteiger partial charge in [-0.25, -0.2) is 8.42 Å². The Labute approximate surface area is 187 Å². The summed E-state index contributed by atoms with van der Waals surface area (Å²) in [6.45, 7) is 6.69. The Morgan fingerprint density at radius 2 is 1.84 bits per heavy atom. The van der Waals surface area contributed by atoms with Crippen molar-refractivity contribution in [3.05, 3.63) is 48.4 Å². The third-order valence-electron chi connectivity index (χ3n) is 6.35. The molecule has 1 aromatic carbocycles. The van der Waals surface area contributed by atoms with Crippen molar-refractivity contribution in [3.63, 3.8) is 0 Å². The number of piperidine rings is 1. The number of hydrogen-bond acceptors (Lipinski definition) is 8. The highest BCUT2D eigenvalue weighted by molar-refractivity contribution is 7.90. The van der Waals surface area contributed by atoms with Gasteiger partial charge in [0.2, 0.25) is 0 Å². The Kier molecular flexibility index (Phi) is 5.16. The van der Waals surface area contributed by atoms with E-state index in [-0.39, 0.29) is 10.8 Å². The number of hydrogen-bond donors (Lipinski definition) is 0. The predicted molar refractivity (Wildman–Crippen MR) is 119 cm³/mol. The van der Waals surface area contributed by atoms with Crippen molar-refractivity contribution >= 4 is 15.9 Å². The van der Waals surface area contributed by atoms with Gasteiger partial charge in [-0.15, -0.1) is 0 Å². The lowest BCUT2D eigenvalue weighted by atomic mass is 10.1. The first-order valence-corrected chi connectivity index (χ1v) is 12.7. The van der Waals surface area contributed by atoms with Crippen molar-refractivity contribution in [3.8, 4) is 17.0 Å². The SMILES string of the molecule is CC(C)c1noc(N2C[C@@H]3C(COc4ccc(-c5ccc(S(C)(=O)=O)cn5)cc4)[C@@H]3C2)n1. The molecular weight excluding hydrogens is 428 g/mol. The zero-order chi connectivity index (χ0) is 22.5. The summed E-state index contributed by atoms with van der Waals surface area (Å²) in [7, 11) is -3.24. The summed E-state index contributed by atoms with van der Waals surface area (Å²) in [4.78, 5) is 11.2. The maximum Gasteiger partial charge on any atom is 0.324 e. The number of pyridine rings is 1. The van der Waals surface area contributed by atoms with Crippen LogP contribution in [-0.4, -0.2) is 49.5 Å². The highest BCUT2D eigenvalue weighted by atomic mass is 32.2. The highest BCUT2D eigenvalue weighted by Crippen LogP contribution is 2.52. The summed E-state index contributed by atoms with van der Waals surface area (Å²) in [5.41, 5.74) is 1.64. The minimum atomic E-state index is -3.24. The smallest absolute Gasteiger partial charge is 0.324 e. The van der Waals surface area contributed by atoms with Crippen LogP contribution >= 0.6 is 0 Å². The fourth-order valence-corrected chi connectivity index (χ4v) is 4.89. The molecule has 9 heteroatoms. The Morgan fingerprint density at radius 3 is 2.41 bits per heavy atom. The summed E-state index contributed by atoms with van der Waals surface area (Å²) in [6.07, 6.45) is 2.57. The van der Waals surface area contributed by atoms with Crippen molar-refractivity contribution in [2.45, 2.75) is 24.7 Å². The van der Waals surface area contributed by atoms with Gasteiger partial charge in [0.1, 0.15) is 5.75 Å². The van der Waals surface area contributed by atoms with E-state index in [2.05, 4.69) is 33.9 Å². The molecule has 0 spiro atoms. The minimum absolute atomic E-state index is 0.217. The summed E-state index contributed by atoms with van der Waals surface area (Å²) in [5, 5.41) is 4.06. The molecule has 0 bridgehead atoms. The van der Waals surface area contributed by atoms with Crippen LogP contribution in [0.2, 0.25) is 0 Å². The Hall–Kier alpha value is -2.94. The van der Waals surface area contributed by atoms with Gasteiger partial charge >= 0.3 is 6.01 Å². The molecular formula is C23H26N4O4S. The van der Waals surface area contributed by atoms with Gasteiger partial charge in [0.15, 0.2) is 15.7 Å². The van der Waals surface area contributed by atoms with Crippen LogP contribution in [0.5, 0.6) is 5.75 Å². The number of aromatic nitrogens is 3. The Balaban J connectivity index is 1.13. The second-order valence-corrected chi connectivity index (χ2v) is 11.0. The average Bonchev–Trinajstić information content (AvgIpc) is 3.16. The first kappa shape index (κ1) is 20.9. The molecule has 3 heterocycles. The molecule has 2 aliphatic rings. The second kappa shape index (κ2) is 7.88. The highest BCUT2D eigenvalue weighted by Gasteiger charge is 2.56. The van der Waals surface area contributed by atoms with Crippen LogP contribution < -0.4 is 9.64 Å². The van der Waals surface area contributed by atoms with Crippen LogP contribution in [0.15, 0.2) is 52.0 Å². The number of rotatable bonds is 7. The molecule has 1 aliphatic carbocycles. The first-order chi connectivity index (χ1) is 15.3. The van der Waals surface area contributed by atoms with Crippen LogP contribution in [0.3, 0.4) is 0 Å². The van der Waals surface area contributed by atoms with E-state index in [1.807, 2.05) is 24.3 Å². The number of fused-ring (bicyclic) bond motifs is 1. The van der Waals surface area contributed by atoms with Crippen LogP contribution in [0, 0.1) is 17.8 Å². The van der Waals surface area contributed by atoms with E-state index in [9.17, 15) is 8.42 Å². The normalized spacial score (nSPS) is 22.2. The molecule has 3 atom stereocenters. The Bertz CT molecular complexity index is 1190. The lowest BCUT2D eigenvalue weighted by Crippen LogP contribution is -2.25. The van der Waals surface area contributed by atoms with Crippen LogP contribution in [0.25, 0.3) is 11.3 Å². The van der Waals surface area contributed by atoms with E-state index in [4.69, 9.17) is 9.26 Å². The van der Waals surface area contributed by atoms with Gasteiger partial charge in [-0.05, 0) is 48.2 Å². The zero-order valence-electron chi connectivity index (χ0n) is 18.3. The van der Waals surface area contributed by atoms with Crippen LogP contribution in [-0.2, 0) is 9.84 Å². The lowest BCUT2D eigenvalue weighted by molar-refractivity contribution is 0.282. The fourth-order valence-electron chi connectivity index (χ4n) is 4.33. The molecule has 8 nitrogen and oxygen atoms in total. The molecule has 32 heavy (non-hydrogen) atoms. The largest absolute Gasteiger partial charge is 0.493 e. The quantitative estimate of drug-likeness (QED) is 0.536. The van der Waals surface area contributed by atoms with Crippen molar-refractivity contribution in [2.24, 2.45) is 17.8 Å².